The second-order valence-corrected chi connectivity index (χ2v) is 6.50. The molecule has 1 aromatic carbocycles. The van der Waals surface area contributed by atoms with E-state index in [1.54, 1.807) is 12.4 Å². The van der Waals surface area contributed by atoms with E-state index in [1.807, 2.05) is 49.4 Å². The maximum absolute atomic E-state index is 5.43. The standard InChI is InChI=1S/C20H22N8O/c1-15-5-7-16(8-6-15)23-18-24-19(27-22-14-17-4-2-3-9-21-17)26-20(25-18)28-10-12-29-13-11-28/h2-9,14H,10-13H2,1H3,(H2,23,24,25,26,27)/b22-14+. The number of rotatable bonds is 6. The third-order valence-corrected chi connectivity index (χ3v) is 4.27. The lowest BCUT2D eigenvalue weighted by Gasteiger charge is -2.27. The van der Waals surface area contributed by atoms with Crippen molar-refractivity contribution >= 4 is 29.7 Å². The van der Waals surface area contributed by atoms with E-state index in [0.717, 1.165) is 24.5 Å². The molecule has 0 atom stereocenters. The first kappa shape index (κ1) is 18.8. The molecular formula is C20H22N8O. The molecule has 0 aliphatic carbocycles. The van der Waals surface area contributed by atoms with Crippen molar-refractivity contribution in [3.63, 3.8) is 0 Å². The number of anilines is 4. The lowest BCUT2D eigenvalue weighted by molar-refractivity contribution is 0.122. The topological polar surface area (TPSA) is 100 Å². The fraction of sp³-hybridized carbons (Fsp3) is 0.250. The Morgan fingerprint density at radius 2 is 1.79 bits per heavy atom. The molecule has 1 fully saturated rings. The highest BCUT2D eigenvalue weighted by Gasteiger charge is 2.16. The Balaban J connectivity index is 1.56. The van der Waals surface area contributed by atoms with Gasteiger partial charge in [0.1, 0.15) is 0 Å². The maximum Gasteiger partial charge on any atom is 0.250 e. The number of ether oxygens (including phenoxy) is 1. The van der Waals surface area contributed by atoms with Gasteiger partial charge in [-0.25, -0.2) is 5.43 Å². The van der Waals surface area contributed by atoms with Gasteiger partial charge in [-0.05, 0) is 31.2 Å². The lowest BCUT2D eigenvalue weighted by atomic mass is 10.2. The molecule has 3 aromatic rings. The number of aryl methyl sites for hydroxylation is 1. The predicted molar refractivity (Wildman–Crippen MR) is 113 cm³/mol. The van der Waals surface area contributed by atoms with Gasteiger partial charge in [0, 0.05) is 25.0 Å². The summed E-state index contributed by atoms with van der Waals surface area (Å²) in [6, 6.07) is 13.7. The first-order chi connectivity index (χ1) is 14.3. The summed E-state index contributed by atoms with van der Waals surface area (Å²) in [6.07, 6.45) is 3.33. The van der Waals surface area contributed by atoms with Crippen LogP contribution in [0, 0.1) is 6.92 Å². The van der Waals surface area contributed by atoms with Crippen molar-refractivity contribution in [2.75, 3.05) is 41.9 Å². The molecule has 1 aliphatic rings. The Hall–Kier alpha value is -3.59. The molecule has 1 saturated heterocycles. The number of pyridine rings is 1. The highest BCUT2D eigenvalue weighted by molar-refractivity contribution is 5.77. The predicted octanol–water partition coefficient (Wildman–Crippen LogP) is 2.60. The summed E-state index contributed by atoms with van der Waals surface area (Å²) in [5, 5.41) is 7.43. The van der Waals surface area contributed by atoms with Gasteiger partial charge < -0.3 is 15.0 Å². The van der Waals surface area contributed by atoms with Gasteiger partial charge in [0.2, 0.25) is 17.8 Å². The fourth-order valence-electron chi connectivity index (χ4n) is 2.75. The molecule has 29 heavy (non-hydrogen) atoms. The molecule has 0 radical (unpaired) electrons. The van der Waals surface area contributed by atoms with Gasteiger partial charge in [-0.15, -0.1) is 0 Å². The van der Waals surface area contributed by atoms with Gasteiger partial charge in [0.05, 0.1) is 25.1 Å². The zero-order chi connectivity index (χ0) is 19.9. The minimum atomic E-state index is 0.350. The summed E-state index contributed by atoms with van der Waals surface area (Å²) < 4.78 is 5.43. The van der Waals surface area contributed by atoms with Crippen LogP contribution in [0.2, 0.25) is 0 Å². The SMILES string of the molecule is Cc1ccc(Nc2nc(N/N=C/c3ccccn3)nc(N3CCOCC3)n2)cc1. The molecule has 4 rings (SSSR count). The number of morpholine rings is 1. The van der Waals surface area contributed by atoms with Crippen molar-refractivity contribution in [1.29, 1.82) is 0 Å². The van der Waals surface area contributed by atoms with Crippen LogP contribution >= 0.6 is 0 Å². The van der Waals surface area contributed by atoms with Crippen molar-refractivity contribution in [2.45, 2.75) is 6.92 Å². The number of nitrogens with one attached hydrogen (secondary N) is 2. The molecule has 2 N–H and O–H groups in total. The zero-order valence-electron chi connectivity index (χ0n) is 16.1. The highest BCUT2D eigenvalue weighted by atomic mass is 16.5. The van der Waals surface area contributed by atoms with Crippen LogP contribution in [0.3, 0.4) is 0 Å². The van der Waals surface area contributed by atoms with Crippen LogP contribution in [-0.2, 0) is 4.74 Å². The molecule has 0 unspecified atom stereocenters. The number of hydrazone groups is 1. The van der Waals surface area contributed by atoms with Gasteiger partial charge in [0.25, 0.3) is 0 Å². The van der Waals surface area contributed by atoms with E-state index in [1.165, 1.54) is 5.56 Å². The highest BCUT2D eigenvalue weighted by Crippen LogP contribution is 2.19. The second-order valence-electron chi connectivity index (χ2n) is 6.50. The molecule has 0 saturated carbocycles. The van der Waals surface area contributed by atoms with Crippen molar-refractivity contribution in [1.82, 2.24) is 19.9 Å². The van der Waals surface area contributed by atoms with Crippen molar-refractivity contribution in [2.24, 2.45) is 5.10 Å². The minimum Gasteiger partial charge on any atom is -0.378 e. The molecule has 0 spiro atoms. The summed E-state index contributed by atoms with van der Waals surface area (Å²) >= 11 is 0. The maximum atomic E-state index is 5.43. The average molecular weight is 390 g/mol. The Labute approximate surface area is 168 Å². The molecule has 9 heteroatoms. The van der Waals surface area contributed by atoms with Gasteiger partial charge in [-0.3, -0.25) is 4.98 Å². The van der Waals surface area contributed by atoms with Gasteiger partial charge >= 0.3 is 0 Å². The number of hydrogen-bond acceptors (Lipinski definition) is 9. The summed E-state index contributed by atoms with van der Waals surface area (Å²) in [4.78, 5) is 19.8. The number of nitrogens with zero attached hydrogens (tertiary/aromatic N) is 6. The van der Waals surface area contributed by atoms with Gasteiger partial charge in [-0.1, -0.05) is 23.8 Å². The van der Waals surface area contributed by atoms with E-state index in [-0.39, 0.29) is 0 Å². The van der Waals surface area contributed by atoms with Crippen LogP contribution in [0.4, 0.5) is 23.5 Å². The number of aromatic nitrogens is 4. The van der Waals surface area contributed by atoms with Crippen LogP contribution in [0.15, 0.2) is 53.8 Å². The van der Waals surface area contributed by atoms with E-state index in [4.69, 9.17) is 4.74 Å². The molecule has 148 valence electrons. The quantitative estimate of drug-likeness (QED) is 0.489. The monoisotopic (exact) mass is 390 g/mol. The van der Waals surface area contributed by atoms with E-state index < -0.39 is 0 Å². The van der Waals surface area contributed by atoms with Gasteiger partial charge in [-0.2, -0.15) is 20.1 Å². The van der Waals surface area contributed by atoms with E-state index in [9.17, 15) is 0 Å². The summed E-state index contributed by atoms with van der Waals surface area (Å²) in [7, 11) is 0. The van der Waals surface area contributed by atoms with E-state index in [2.05, 4.69) is 40.7 Å². The van der Waals surface area contributed by atoms with Crippen LogP contribution in [0.1, 0.15) is 11.3 Å². The smallest absolute Gasteiger partial charge is 0.250 e. The van der Waals surface area contributed by atoms with Crippen molar-refractivity contribution in [3.05, 3.63) is 59.9 Å². The summed E-state index contributed by atoms with van der Waals surface area (Å²) in [6.45, 7) is 4.79. The molecule has 1 aliphatic heterocycles. The lowest BCUT2D eigenvalue weighted by Crippen LogP contribution is -2.37. The Kier molecular flexibility index (Phi) is 5.87. The Bertz CT molecular complexity index is 956. The zero-order valence-corrected chi connectivity index (χ0v) is 16.1. The largest absolute Gasteiger partial charge is 0.378 e. The van der Waals surface area contributed by atoms with Crippen LogP contribution < -0.4 is 15.6 Å². The van der Waals surface area contributed by atoms with Crippen molar-refractivity contribution in [3.8, 4) is 0 Å². The summed E-state index contributed by atoms with van der Waals surface area (Å²) in [5.74, 6) is 1.37. The van der Waals surface area contributed by atoms with Crippen molar-refractivity contribution < 1.29 is 4.74 Å². The van der Waals surface area contributed by atoms with Gasteiger partial charge in [0.15, 0.2) is 0 Å². The first-order valence-electron chi connectivity index (χ1n) is 9.39. The van der Waals surface area contributed by atoms with Crippen LogP contribution in [0.5, 0.6) is 0 Å². The normalized spacial score (nSPS) is 14.2. The second kappa shape index (κ2) is 9.07. The molecule has 9 nitrogen and oxygen atoms in total. The number of hydrogen-bond donors (Lipinski definition) is 2. The fourth-order valence-corrected chi connectivity index (χ4v) is 2.75. The average Bonchev–Trinajstić information content (AvgIpc) is 2.77. The molecule has 2 aromatic heterocycles. The minimum absolute atomic E-state index is 0.350. The molecule has 3 heterocycles. The molecule has 0 amide bonds. The third-order valence-electron chi connectivity index (χ3n) is 4.27. The Morgan fingerprint density at radius 1 is 1.00 bits per heavy atom. The van der Waals surface area contributed by atoms with Crippen LogP contribution in [-0.4, -0.2) is 52.5 Å². The Morgan fingerprint density at radius 3 is 2.55 bits per heavy atom. The van der Waals surface area contributed by atoms with Crippen LogP contribution in [0.25, 0.3) is 0 Å². The molecular weight excluding hydrogens is 368 g/mol. The third kappa shape index (κ3) is 5.23. The van der Waals surface area contributed by atoms with E-state index >= 15 is 0 Å². The molecule has 0 bridgehead atoms. The first-order valence-corrected chi connectivity index (χ1v) is 9.39. The number of benzene rings is 1. The summed E-state index contributed by atoms with van der Waals surface area (Å²) in [5.41, 5.74) is 5.70. The van der Waals surface area contributed by atoms with E-state index in [0.29, 0.717) is 31.1 Å².